The van der Waals surface area contributed by atoms with Crippen LogP contribution in [0, 0.1) is 0 Å². The number of hydrogen-bond donors (Lipinski definition) is 1. The highest BCUT2D eigenvalue weighted by Crippen LogP contribution is 2.30. The first kappa shape index (κ1) is 22.3. The lowest BCUT2D eigenvalue weighted by molar-refractivity contribution is 0.413. The van der Waals surface area contributed by atoms with Crippen LogP contribution >= 0.6 is 0 Å². The fraction of sp³-hybridized carbons (Fsp3) is 0.391. The lowest BCUT2D eigenvalue weighted by Crippen LogP contribution is -2.47. The summed E-state index contributed by atoms with van der Waals surface area (Å²) in [7, 11) is -1.70. The topological polar surface area (TPSA) is 87.7 Å². The Morgan fingerprint density at radius 3 is 2.34 bits per heavy atom. The van der Waals surface area contributed by atoms with Crippen molar-refractivity contribution in [2.24, 2.45) is 0 Å². The van der Waals surface area contributed by atoms with Gasteiger partial charge in [-0.3, -0.25) is 0 Å². The molecule has 1 N–H and O–H groups in total. The maximum Gasteiger partial charge on any atom is 0.214 e. The Kier molecular flexibility index (Phi) is 6.48. The van der Waals surface area contributed by atoms with Gasteiger partial charge in [-0.2, -0.15) is 0 Å². The normalized spacial score (nSPS) is 14.9. The van der Waals surface area contributed by atoms with Crippen LogP contribution in [-0.2, 0) is 16.6 Å². The van der Waals surface area contributed by atoms with Gasteiger partial charge in [0.25, 0.3) is 0 Å². The number of piperazine rings is 1. The molecule has 1 aromatic heterocycles. The van der Waals surface area contributed by atoms with Crippen molar-refractivity contribution in [3.8, 4) is 5.75 Å². The number of aromatic nitrogens is 2. The largest absolute Gasteiger partial charge is 0.495 e. The molecule has 4 rings (SSSR count). The van der Waals surface area contributed by atoms with Crippen molar-refractivity contribution < 1.29 is 13.2 Å². The molecule has 0 bridgehead atoms. The van der Waals surface area contributed by atoms with E-state index in [1.165, 1.54) is 0 Å². The first-order valence-electron chi connectivity index (χ1n) is 10.8. The zero-order valence-electron chi connectivity index (χ0n) is 18.7. The lowest BCUT2D eigenvalue weighted by Gasteiger charge is -2.37. The molecule has 0 aliphatic carbocycles. The molecule has 2 heterocycles. The van der Waals surface area contributed by atoms with Crippen LogP contribution in [0.5, 0.6) is 5.75 Å². The van der Waals surface area contributed by atoms with E-state index in [0.29, 0.717) is 5.82 Å². The molecule has 1 fully saturated rings. The van der Waals surface area contributed by atoms with Gasteiger partial charge >= 0.3 is 0 Å². The van der Waals surface area contributed by atoms with E-state index in [4.69, 9.17) is 9.72 Å². The summed E-state index contributed by atoms with van der Waals surface area (Å²) < 4.78 is 32.5. The number of nitrogens with one attached hydrogen (secondary N) is 1. The van der Waals surface area contributed by atoms with Crippen LogP contribution in [0.3, 0.4) is 0 Å². The Balaban J connectivity index is 1.57. The molecular weight excluding hydrogens is 426 g/mol. The predicted octanol–water partition coefficient (Wildman–Crippen LogP) is 2.79. The van der Waals surface area contributed by atoms with Crippen LogP contribution in [0.15, 0.2) is 48.5 Å². The van der Waals surface area contributed by atoms with Crippen molar-refractivity contribution in [1.29, 1.82) is 0 Å². The van der Waals surface area contributed by atoms with E-state index in [1.54, 1.807) is 21.0 Å². The number of sulfonamides is 1. The van der Waals surface area contributed by atoms with E-state index in [1.807, 2.05) is 42.5 Å². The molecule has 1 aliphatic heterocycles. The molecule has 0 radical (unpaired) electrons. The number of anilines is 2. The zero-order chi connectivity index (χ0) is 22.7. The van der Waals surface area contributed by atoms with Crippen LogP contribution in [0.25, 0.3) is 10.9 Å². The minimum Gasteiger partial charge on any atom is -0.495 e. The van der Waals surface area contributed by atoms with Gasteiger partial charge in [0.15, 0.2) is 0 Å². The first-order chi connectivity index (χ1) is 15.4. The number of benzene rings is 2. The number of nitrogens with zero attached hydrogens (tertiary/aromatic N) is 4. The molecule has 0 saturated carbocycles. The molecule has 1 aliphatic rings. The maximum atomic E-state index is 12.2. The first-order valence-corrected chi connectivity index (χ1v) is 12.3. The molecular formula is C23H29N5O3S. The molecule has 0 spiro atoms. The summed E-state index contributed by atoms with van der Waals surface area (Å²) in [5, 5.41) is 0.458. The molecule has 170 valence electrons. The number of rotatable bonds is 7. The van der Waals surface area contributed by atoms with Gasteiger partial charge in [0.2, 0.25) is 10.0 Å². The lowest BCUT2D eigenvalue weighted by atomic mass is 10.2. The minimum absolute atomic E-state index is 0.0690. The zero-order valence-corrected chi connectivity index (χ0v) is 19.5. The van der Waals surface area contributed by atoms with Gasteiger partial charge in [0.05, 0.1) is 30.1 Å². The Hall–Kier alpha value is -2.91. The van der Waals surface area contributed by atoms with Crippen LogP contribution in [0.4, 0.5) is 11.5 Å². The maximum absolute atomic E-state index is 12.2. The summed E-state index contributed by atoms with van der Waals surface area (Å²) in [6.07, 6.45) is 0. The molecule has 32 heavy (non-hydrogen) atoms. The number of ether oxygens (including phenoxy) is 1. The Bertz CT molecular complexity index is 1190. The number of methoxy groups -OCH3 is 1. The van der Waals surface area contributed by atoms with Crippen molar-refractivity contribution in [1.82, 2.24) is 14.7 Å². The minimum atomic E-state index is -3.39. The van der Waals surface area contributed by atoms with E-state index >= 15 is 0 Å². The monoisotopic (exact) mass is 455 g/mol. The standard InChI is InChI=1S/C23H29N5O3S/c1-17(2)32(29,30)24-16-22-25-19-9-5-4-8-18(19)23(26-22)28-14-12-27(13-15-28)20-10-6-7-11-21(20)31-3/h4-11,17,24H,12-16H2,1-3H3. The van der Waals surface area contributed by atoms with E-state index in [0.717, 1.165) is 54.3 Å². The summed E-state index contributed by atoms with van der Waals surface area (Å²) in [5.41, 5.74) is 1.90. The molecule has 0 atom stereocenters. The fourth-order valence-electron chi connectivity index (χ4n) is 3.81. The summed E-state index contributed by atoms with van der Waals surface area (Å²) >= 11 is 0. The van der Waals surface area contributed by atoms with Gasteiger partial charge < -0.3 is 14.5 Å². The number of para-hydroxylation sites is 3. The van der Waals surface area contributed by atoms with Gasteiger partial charge in [0, 0.05) is 31.6 Å². The van der Waals surface area contributed by atoms with Crippen LogP contribution in [-0.4, -0.2) is 56.9 Å². The Morgan fingerprint density at radius 1 is 0.969 bits per heavy atom. The number of fused-ring (bicyclic) bond motifs is 1. The van der Waals surface area contributed by atoms with Gasteiger partial charge in [-0.15, -0.1) is 0 Å². The quantitative estimate of drug-likeness (QED) is 0.586. The summed E-state index contributed by atoms with van der Waals surface area (Å²) in [6, 6.07) is 15.9. The third-order valence-electron chi connectivity index (χ3n) is 5.69. The predicted molar refractivity (Wildman–Crippen MR) is 128 cm³/mol. The van der Waals surface area contributed by atoms with Crippen molar-refractivity contribution in [3.63, 3.8) is 0 Å². The average Bonchev–Trinajstić information content (AvgIpc) is 2.82. The highest BCUT2D eigenvalue weighted by atomic mass is 32.2. The van der Waals surface area contributed by atoms with Gasteiger partial charge in [-0.05, 0) is 38.1 Å². The molecule has 8 nitrogen and oxygen atoms in total. The molecule has 9 heteroatoms. The van der Waals surface area contributed by atoms with Crippen LogP contribution < -0.4 is 19.3 Å². The Labute approximate surface area is 189 Å². The number of hydrogen-bond acceptors (Lipinski definition) is 7. The smallest absolute Gasteiger partial charge is 0.214 e. The Morgan fingerprint density at radius 2 is 1.62 bits per heavy atom. The summed E-state index contributed by atoms with van der Waals surface area (Å²) in [5.74, 6) is 2.18. The summed E-state index contributed by atoms with van der Waals surface area (Å²) in [6.45, 7) is 6.60. The van der Waals surface area contributed by atoms with Crippen molar-refractivity contribution in [2.45, 2.75) is 25.6 Å². The SMILES string of the molecule is COc1ccccc1N1CCN(c2nc(CNS(=O)(=O)C(C)C)nc3ccccc23)CC1. The molecule has 1 saturated heterocycles. The second-order valence-corrected chi connectivity index (χ2v) is 10.4. The second-order valence-electron chi connectivity index (χ2n) is 8.04. The third-order valence-corrected chi connectivity index (χ3v) is 7.47. The molecule has 0 unspecified atom stereocenters. The third kappa shape index (κ3) is 4.63. The van der Waals surface area contributed by atoms with E-state index < -0.39 is 15.3 Å². The molecule has 2 aromatic carbocycles. The highest BCUT2D eigenvalue weighted by molar-refractivity contribution is 7.90. The van der Waals surface area contributed by atoms with Gasteiger partial charge in [-0.1, -0.05) is 24.3 Å². The van der Waals surface area contributed by atoms with E-state index in [9.17, 15) is 8.42 Å². The average molecular weight is 456 g/mol. The van der Waals surface area contributed by atoms with Crippen molar-refractivity contribution >= 4 is 32.4 Å². The second kappa shape index (κ2) is 9.30. The van der Waals surface area contributed by atoms with E-state index in [2.05, 4.69) is 25.6 Å². The summed E-state index contributed by atoms with van der Waals surface area (Å²) in [4.78, 5) is 13.9. The molecule has 0 amide bonds. The van der Waals surface area contributed by atoms with Crippen LogP contribution in [0.1, 0.15) is 19.7 Å². The van der Waals surface area contributed by atoms with Crippen molar-refractivity contribution in [3.05, 3.63) is 54.4 Å². The van der Waals surface area contributed by atoms with E-state index in [-0.39, 0.29) is 6.54 Å². The van der Waals surface area contributed by atoms with Crippen molar-refractivity contribution in [2.75, 3.05) is 43.1 Å². The highest BCUT2D eigenvalue weighted by Gasteiger charge is 2.23. The van der Waals surface area contributed by atoms with Gasteiger partial charge in [0.1, 0.15) is 17.4 Å². The van der Waals surface area contributed by atoms with Crippen LogP contribution in [0.2, 0.25) is 0 Å². The molecule has 3 aromatic rings. The van der Waals surface area contributed by atoms with Gasteiger partial charge in [-0.25, -0.2) is 23.1 Å². The fourth-order valence-corrected chi connectivity index (χ4v) is 4.47.